The molecule has 0 saturated heterocycles. The summed E-state index contributed by atoms with van der Waals surface area (Å²) >= 11 is 0. The smallest absolute Gasteiger partial charge is 0.432 e. The lowest BCUT2D eigenvalue weighted by molar-refractivity contribution is -0.267. The molecule has 0 aliphatic heterocycles. The third kappa shape index (κ3) is 2.75. The number of hydrogen-bond acceptors (Lipinski definition) is 6. The van der Waals surface area contributed by atoms with Crippen molar-refractivity contribution >= 4 is 11.8 Å². The average molecular weight is 373 g/mol. The van der Waals surface area contributed by atoms with Crippen molar-refractivity contribution in [2.24, 2.45) is 0 Å². The standard InChI is InChI=1S/C15H14F3N3O5/c1-7-5-3-4-6-8(7)21-10(19)9(11(22)20-13(21)24)14(25,12(23)26-2)15(16,17)18/h3-6,25H,19H2,1-2H3,(H,20,22,24). The van der Waals surface area contributed by atoms with Gasteiger partial charge in [-0.3, -0.25) is 9.78 Å². The number of nitrogens with two attached hydrogens (primary N) is 1. The fourth-order valence-electron chi connectivity index (χ4n) is 2.46. The number of anilines is 1. The van der Waals surface area contributed by atoms with E-state index in [2.05, 4.69) is 4.74 Å². The van der Waals surface area contributed by atoms with Gasteiger partial charge in [-0.05, 0) is 18.6 Å². The number of alkyl halides is 3. The topological polar surface area (TPSA) is 127 Å². The number of benzene rings is 1. The van der Waals surface area contributed by atoms with Gasteiger partial charge in [-0.2, -0.15) is 13.2 Å². The summed E-state index contributed by atoms with van der Waals surface area (Å²) in [7, 11) is 0.598. The Kier molecular flexibility index (Phi) is 4.69. The maximum atomic E-state index is 13.5. The maximum Gasteiger partial charge on any atom is 0.432 e. The van der Waals surface area contributed by atoms with Crippen LogP contribution in [0.4, 0.5) is 19.0 Å². The molecule has 0 fully saturated rings. The summed E-state index contributed by atoms with van der Waals surface area (Å²) in [6.45, 7) is 1.54. The van der Waals surface area contributed by atoms with Crippen molar-refractivity contribution in [2.45, 2.75) is 18.7 Å². The molecule has 1 unspecified atom stereocenters. The van der Waals surface area contributed by atoms with Crippen LogP contribution < -0.4 is 17.0 Å². The number of ether oxygens (including phenoxy) is 1. The number of carbonyl (C=O) groups excluding carboxylic acids is 1. The summed E-state index contributed by atoms with van der Waals surface area (Å²) in [5.74, 6) is -3.21. The zero-order chi connectivity index (χ0) is 19.9. The molecule has 1 heterocycles. The van der Waals surface area contributed by atoms with Gasteiger partial charge in [0, 0.05) is 0 Å². The minimum atomic E-state index is -5.64. The van der Waals surface area contributed by atoms with Crippen LogP contribution in [0.15, 0.2) is 33.9 Å². The van der Waals surface area contributed by atoms with Crippen LogP contribution in [-0.2, 0) is 15.1 Å². The van der Waals surface area contributed by atoms with Gasteiger partial charge in [-0.15, -0.1) is 0 Å². The van der Waals surface area contributed by atoms with Gasteiger partial charge in [0.05, 0.1) is 12.8 Å². The summed E-state index contributed by atoms with van der Waals surface area (Å²) in [5.41, 5.74) is -2.59. The molecule has 0 radical (unpaired) electrons. The second-order valence-corrected chi connectivity index (χ2v) is 5.34. The Morgan fingerprint density at radius 3 is 2.35 bits per heavy atom. The van der Waals surface area contributed by atoms with Gasteiger partial charge in [0.15, 0.2) is 0 Å². The number of H-pyrrole nitrogens is 1. The van der Waals surface area contributed by atoms with E-state index >= 15 is 0 Å². The van der Waals surface area contributed by atoms with Gasteiger partial charge < -0.3 is 15.6 Å². The number of aliphatic hydroxyl groups is 1. The van der Waals surface area contributed by atoms with E-state index in [4.69, 9.17) is 5.73 Å². The highest BCUT2D eigenvalue weighted by atomic mass is 19.4. The Morgan fingerprint density at radius 1 is 1.27 bits per heavy atom. The van der Waals surface area contributed by atoms with Crippen LogP contribution in [0.1, 0.15) is 11.1 Å². The number of aromatic amines is 1. The molecule has 0 bridgehead atoms. The highest BCUT2D eigenvalue weighted by molar-refractivity contribution is 5.83. The van der Waals surface area contributed by atoms with E-state index < -0.39 is 40.4 Å². The quantitative estimate of drug-likeness (QED) is 0.666. The predicted octanol–water partition coefficient (Wildman–Crippen LogP) is 0.339. The SMILES string of the molecule is COC(=O)C(O)(c1c(N)n(-c2ccccc2C)c(=O)[nH]c1=O)C(F)(F)F. The number of nitrogens with zero attached hydrogens (tertiary/aromatic N) is 1. The van der Waals surface area contributed by atoms with Crippen molar-refractivity contribution in [2.75, 3.05) is 12.8 Å². The first kappa shape index (κ1) is 19.2. The van der Waals surface area contributed by atoms with Crippen molar-refractivity contribution in [1.82, 2.24) is 9.55 Å². The van der Waals surface area contributed by atoms with Gasteiger partial charge >= 0.3 is 17.8 Å². The van der Waals surface area contributed by atoms with Crippen LogP contribution in [0.5, 0.6) is 0 Å². The van der Waals surface area contributed by atoms with E-state index in [1.54, 1.807) is 24.0 Å². The van der Waals surface area contributed by atoms with E-state index in [0.717, 1.165) is 0 Å². The first-order valence-corrected chi connectivity index (χ1v) is 7.05. The highest BCUT2D eigenvalue weighted by Gasteiger charge is 2.64. The monoisotopic (exact) mass is 373 g/mol. The summed E-state index contributed by atoms with van der Waals surface area (Å²) < 4.78 is 44.9. The number of para-hydroxylation sites is 1. The van der Waals surface area contributed by atoms with Crippen molar-refractivity contribution in [3.63, 3.8) is 0 Å². The lowest BCUT2D eigenvalue weighted by Crippen LogP contribution is -2.54. The van der Waals surface area contributed by atoms with Gasteiger partial charge in [-0.1, -0.05) is 18.2 Å². The molecule has 1 atom stereocenters. The molecule has 2 rings (SSSR count). The number of nitrogens with one attached hydrogen (secondary N) is 1. The van der Waals surface area contributed by atoms with Crippen LogP contribution in [0, 0.1) is 6.92 Å². The van der Waals surface area contributed by atoms with Crippen molar-refractivity contribution in [1.29, 1.82) is 0 Å². The Hall–Kier alpha value is -3.08. The molecule has 1 aromatic carbocycles. The number of aromatic nitrogens is 2. The van der Waals surface area contributed by atoms with Crippen LogP contribution in [-0.4, -0.2) is 33.9 Å². The minimum Gasteiger partial charge on any atom is -0.466 e. The van der Waals surface area contributed by atoms with Crippen LogP contribution >= 0.6 is 0 Å². The molecule has 140 valence electrons. The molecule has 2 aromatic rings. The van der Waals surface area contributed by atoms with E-state index in [9.17, 15) is 32.7 Å². The third-order valence-corrected chi connectivity index (χ3v) is 3.76. The first-order valence-electron chi connectivity index (χ1n) is 7.05. The molecule has 26 heavy (non-hydrogen) atoms. The lowest BCUT2D eigenvalue weighted by Gasteiger charge is -2.28. The molecule has 0 amide bonds. The largest absolute Gasteiger partial charge is 0.466 e. The normalized spacial score (nSPS) is 13.9. The number of aryl methyl sites for hydroxylation is 1. The van der Waals surface area contributed by atoms with E-state index in [-0.39, 0.29) is 5.69 Å². The number of carbonyl (C=O) groups is 1. The van der Waals surface area contributed by atoms with Crippen molar-refractivity contribution < 1.29 is 27.8 Å². The number of esters is 1. The van der Waals surface area contributed by atoms with Gasteiger partial charge in [-0.25, -0.2) is 14.2 Å². The number of methoxy groups -OCH3 is 1. The first-order chi connectivity index (χ1) is 12.0. The van der Waals surface area contributed by atoms with E-state index in [1.807, 2.05) is 0 Å². The molecule has 0 spiro atoms. The van der Waals surface area contributed by atoms with Gasteiger partial charge in [0.2, 0.25) is 0 Å². The molecule has 11 heteroatoms. The average Bonchev–Trinajstić information content (AvgIpc) is 2.54. The summed E-state index contributed by atoms with van der Waals surface area (Å²) in [6, 6.07) is 5.99. The Labute approximate surface area is 143 Å². The minimum absolute atomic E-state index is 0.0573. The molecular formula is C15H14F3N3O5. The summed E-state index contributed by atoms with van der Waals surface area (Å²) in [6.07, 6.45) is -5.64. The second kappa shape index (κ2) is 6.33. The maximum absolute atomic E-state index is 13.5. The van der Waals surface area contributed by atoms with Gasteiger partial charge in [0.25, 0.3) is 11.2 Å². The number of halogens is 3. The zero-order valence-corrected chi connectivity index (χ0v) is 13.5. The fourth-order valence-corrected chi connectivity index (χ4v) is 2.46. The molecule has 0 aliphatic carbocycles. The summed E-state index contributed by atoms with van der Waals surface area (Å²) in [4.78, 5) is 37.5. The van der Waals surface area contributed by atoms with Gasteiger partial charge in [0.1, 0.15) is 11.4 Å². The molecule has 4 N–H and O–H groups in total. The van der Waals surface area contributed by atoms with Crippen LogP contribution in [0.2, 0.25) is 0 Å². The molecular weight excluding hydrogens is 359 g/mol. The van der Waals surface area contributed by atoms with E-state index in [0.29, 0.717) is 17.2 Å². The Balaban J connectivity index is 2.98. The third-order valence-electron chi connectivity index (χ3n) is 3.76. The molecule has 1 aromatic heterocycles. The molecule has 0 saturated carbocycles. The Bertz CT molecular complexity index is 980. The van der Waals surface area contributed by atoms with E-state index in [1.165, 1.54) is 12.1 Å². The number of nitrogen functional groups attached to an aromatic ring is 1. The predicted molar refractivity (Wildman–Crippen MR) is 83.8 cm³/mol. The van der Waals surface area contributed by atoms with Crippen molar-refractivity contribution in [3.05, 3.63) is 56.2 Å². The fraction of sp³-hybridized carbons (Fsp3) is 0.267. The number of rotatable bonds is 3. The van der Waals surface area contributed by atoms with Crippen LogP contribution in [0.25, 0.3) is 5.69 Å². The highest BCUT2D eigenvalue weighted by Crippen LogP contribution is 2.40. The molecule has 8 nitrogen and oxygen atoms in total. The lowest BCUT2D eigenvalue weighted by atomic mass is 9.94. The van der Waals surface area contributed by atoms with Crippen LogP contribution in [0.3, 0.4) is 0 Å². The Morgan fingerprint density at radius 2 is 1.85 bits per heavy atom. The molecule has 0 aliphatic rings. The second-order valence-electron chi connectivity index (χ2n) is 5.34. The summed E-state index contributed by atoms with van der Waals surface area (Å²) in [5, 5.41) is 10.1. The zero-order valence-electron chi connectivity index (χ0n) is 13.5. The number of hydrogen-bond donors (Lipinski definition) is 3. The van der Waals surface area contributed by atoms with Crippen molar-refractivity contribution in [3.8, 4) is 5.69 Å².